The zero-order valence-electron chi connectivity index (χ0n) is 8.84. The second kappa shape index (κ2) is 5.52. The van der Waals surface area contributed by atoms with Crippen LogP contribution in [0.15, 0.2) is 21.6 Å². The van der Waals surface area contributed by atoms with Crippen molar-refractivity contribution in [3.63, 3.8) is 0 Å². The minimum Gasteiger partial charge on any atom is -0.475 e. The second-order valence-corrected chi connectivity index (χ2v) is 4.83. The lowest BCUT2D eigenvalue weighted by atomic mass is 10.3. The Morgan fingerprint density at radius 2 is 2.24 bits per heavy atom. The van der Waals surface area contributed by atoms with Gasteiger partial charge in [-0.15, -0.1) is 12.3 Å². The Morgan fingerprint density at radius 1 is 1.53 bits per heavy atom. The van der Waals surface area contributed by atoms with E-state index in [-0.39, 0.29) is 6.54 Å². The molecule has 0 unspecified atom stereocenters. The number of hydrogen-bond acceptors (Lipinski definition) is 4. The van der Waals surface area contributed by atoms with Crippen LogP contribution in [0.3, 0.4) is 0 Å². The van der Waals surface area contributed by atoms with E-state index in [1.165, 1.54) is 0 Å². The smallest absolute Gasteiger partial charge is 0.371 e. The molecule has 0 aliphatic rings. The van der Waals surface area contributed by atoms with E-state index in [1.54, 1.807) is 0 Å². The number of terminal acetylenes is 1. The first kappa shape index (κ1) is 13.3. The third-order valence-electron chi connectivity index (χ3n) is 1.85. The summed E-state index contributed by atoms with van der Waals surface area (Å²) in [5.41, 5.74) is 0. The Labute approximate surface area is 98.7 Å². The van der Waals surface area contributed by atoms with Gasteiger partial charge in [0.15, 0.2) is 0 Å². The van der Waals surface area contributed by atoms with Gasteiger partial charge in [0.1, 0.15) is 0 Å². The summed E-state index contributed by atoms with van der Waals surface area (Å²) >= 11 is 0. The molecular weight excluding hydrogens is 246 g/mol. The molecule has 0 amide bonds. The number of aromatic carboxylic acids is 1. The van der Waals surface area contributed by atoms with Gasteiger partial charge in [-0.05, 0) is 18.6 Å². The van der Waals surface area contributed by atoms with Crippen molar-refractivity contribution in [2.24, 2.45) is 0 Å². The number of carboxylic acid groups (broad SMARTS) is 1. The van der Waals surface area contributed by atoms with Gasteiger partial charge in [-0.25, -0.2) is 17.9 Å². The molecular formula is C10H11NO5S. The molecule has 0 saturated carbocycles. The molecule has 1 rings (SSSR count). The van der Waals surface area contributed by atoms with Crippen LogP contribution in [0, 0.1) is 12.3 Å². The Kier molecular flexibility index (Phi) is 4.31. The first-order valence-corrected chi connectivity index (χ1v) is 6.22. The van der Waals surface area contributed by atoms with Crippen molar-refractivity contribution in [3.05, 3.63) is 17.9 Å². The van der Waals surface area contributed by atoms with Crippen LogP contribution < -0.4 is 4.72 Å². The van der Waals surface area contributed by atoms with Crippen molar-refractivity contribution in [1.29, 1.82) is 0 Å². The molecule has 0 aliphatic carbocycles. The highest BCUT2D eigenvalue weighted by atomic mass is 32.2. The number of carboxylic acids is 1. The Hall–Kier alpha value is -1.78. The first-order valence-electron chi connectivity index (χ1n) is 4.73. The van der Waals surface area contributed by atoms with Gasteiger partial charge >= 0.3 is 5.97 Å². The molecule has 0 atom stereocenters. The number of furan rings is 1. The molecule has 0 saturated heterocycles. The molecule has 0 fully saturated rings. The van der Waals surface area contributed by atoms with E-state index >= 15 is 0 Å². The summed E-state index contributed by atoms with van der Waals surface area (Å²) in [5, 5.41) is 8.16. The number of nitrogens with one attached hydrogen (secondary N) is 1. The average molecular weight is 257 g/mol. The predicted octanol–water partition coefficient (Wildman–Crippen LogP) is 0.669. The quantitative estimate of drug-likeness (QED) is 0.576. The molecule has 1 aromatic heterocycles. The van der Waals surface area contributed by atoms with E-state index in [1.807, 2.05) is 0 Å². The fourth-order valence-electron chi connectivity index (χ4n) is 1.05. The third-order valence-corrected chi connectivity index (χ3v) is 3.18. The summed E-state index contributed by atoms with van der Waals surface area (Å²) in [5.74, 6) is 0.634. The van der Waals surface area contributed by atoms with E-state index in [9.17, 15) is 13.2 Å². The van der Waals surface area contributed by atoms with Gasteiger partial charge in [-0.3, -0.25) is 0 Å². The van der Waals surface area contributed by atoms with E-state index in [2.05, 4.69) is 15.1 Å². The summed E-state index contributed by atoms with van der Waals surface area (Å²) in [4.78, 5) is 10.5. The lowest BCUT2D eigenvalue weighted by molar-refractivity contribution is 0.0656. The highest BCUT2D eigenvalue weighted by Crippen LogP contribution is 2.13. The normalized spacial score (nSPS) is 11.0. The van der Waals surface area contributed by atoms with Crippen LogP contribution in [0.1, 0.15) is 23.4 Å². The van der Waals surface area contributed by atoms with Crippen LogP contribution in [0.2, 0.25) is 0 Å². The SMILES string of the molecule is C#CCCCNS(=O)(=O)c1ccc(C(=O)O)o1. The van der Waals surface area contributed by atoms with Gasteiger partial charge in [0.2, 0.25) is 10.9 Å². The van der Waals surface area contributed by atoms with Crippen LogP contribution in [0.5, 0.6) is 0 Å². The molecule has 17 heavy (non-hydrogen) atoms. The van der Waals surface area contributed by atoms with Gasteiger partial charge < -0.3 is 9.52 Å². The Morgan fingerprint density at radius 3 is 2.76 bits per heavy atom. The summed E-state index contributed by atoms with van der Waals surface area (Å²) < 4.78 is 30.1. The fourth-order valence-corrected chi connectivity index (χ4v) is 2.05. The lowest BCUT2D eigenvalue weighted by Gasteiger charge is -2.01. The van der Waals surface area contributed by atoms with Gasteiger partial charge in [0, 0.05) is 13.0 Å². The first-order chi connectivity index (χ1) is 7.97. The average Bonchev–Trinajstić information content (AvgIpc) is 2.74. The molecule has 2 N–H and O–H groups in total. The van der Waals surface area contributed by atoms with Crippen LogP contribution in [-0.2, 0) is 10.0 Å². The zero-order valence-corrected chi connectivity index (χ0v) is 9.66. The zero-order chi connectivity index (χ0) is 12.9. The summed E-state index contributed by atoms with van der Waals surface area (Å²) in [6, 6.07) is 2.17. The summed E-state index contributed by atoms with van der Waals surface area (Å²) in [6.07, 6.45) is 5.98. The van der Waals surface area contributed by atoms with Crippen LogP contribution in [0.25, 0.3) is 0 Å². The maximum Gasteiger partial charge on any atom is 0.371 e. The number of sulfonamides is 1. The molecule has 7 heteroatoms. The Balaban J connectivity index is 2.69. The number of unbranched alkanes of at least 4 members (excludes halogenated alkanes) is 1. The predicted molar refractivity (Wildman–Crippen MR) is 58.9 cm³/mol. The van der Waals surface area contributed by atoms with E-state index in [0.29, 0.717) is 12.8 Å². The monoisotopic (exact) mass is 257 g/mol. The molecule has 1 aromatic rings. The van der Waals surface area contributed by atoms with Crippen molar-refractivity contribution in [1.82, 2.24) is 4.72 Å². The fraction of sp³-hybridized carbons (Fsp3) is 0.300. The van der Waals surface area contributed by atoms with Crippen LogP contribution >= 0.6 is 0 Å². The minimum absolute atomic E-state index is 0.176. The lowest BCUT2D eigenvalue weighted by Crippen LogP contribution is -2.24. The molecule has 0 aliphatic heterocycles. The van der Waals surface area contributed by atoms with Gasteiger partial charge in [0.05, 0.1) is 0 Å². The Bertz CT molecular complexity index is 537. The van der Waals surface area contributed by atoms with E-state index < -0.39 is 26.8 Å². The molecule has 1 heterocycles. The number of hydrogen-bond donors (Lipinski definition) is 2. The second-order valence-electron chi connectivity index (χ2n) is 3.13. The van der Waals surface area contributed by atoms with Crippen molar-refractivity contribution in [2.75, 3.05) is 6.54 Å². The van der Waals surface area contributed by atoms with Crippen LogP contribution in [0.4, 0.5) is 0 Å². The van der Waals surface area contributed by atoms with Crippen LogP contribution in [-0.4, -0.2) is 26.0 Å². The van der Waals surface area contributed by atoms with Crippen molar-refractivity contribution < 1.29 is 22.7 Å². The summed E-state index contributed by atoms with van der Waals surface area (Å²) in [7, 11) is -3.80. The maximum absolute atomic E-state index is 11.6. The van der Waals surface area contributed by atoms with Crippen molar-refractivity contribution in [2.45, 2.75) is 17.9 Å². The van der Waals surface area contributed by atoms with Crippen molar-refractivity contribution in [3.8, 4) is 12.3 Å². The molecule has 6 nitrogen and oxygen atoms in total. The van der Waals surface area contributed by atoms with Gasteiger partial charge in [-0.2, -0.15) is 0 Å². The topological polar surface area (TPSA) is 96.6 Å². The summed E-state index contributed by atoms with van der Waals surface area (Å²) in [6.45, 7) is 0.176. The van der Waals surface area contributed by atoms with E-state index in [4.69, 9.17) is 11.5 Å². The highest BCUT2D eigenvalue weighted by Gasteiger charge is 2.20. The van der Waals surface area contributed by atoms with Gasteiger partial charge in [0.25, 0.3) is 10.0 Å². The molecule has 0 bridgehead atoms. The van der Waals surface area contributed by atoms with Gasteiger partial charge in [-0.1, -0.05) is 0 Å². The molecule has 92 valence electrons. The standard InChI is InChI=1S/C10H11NO5S/c1-2-3-4-7-11-17(14,15)9-6-5-8(16-9)10(12)13/h1,5-6,11H,3-4,7H2,(H,12,13). The number of carbonyl (C=O) groups is 1. The maximum atomic E-state index is 11.6. The number of rotatable bonds is 6. The largest absolute Gasteiger partial charge is 0.475 e. The molecule has 0 spiro atoms. The van der Waals surface area contributed by atoms with E-state index in [0.717, 1.165) is 12.1 Å². The van der Waals surface area contributed by atoms with Crippen molar-refractivity contribution >= 4 is 16.0 Å². The molecule has 0 radical (unpaired) electrons. The minimum atomic E-state index is -3.80. The highest BCUT2D eigenvalue weighted by molar-refractivity contribution is 7.89. The molecule has 0 aromatic carbocycles. The third kappa shape index (κ3) is 3.62.